The van der Waals surface area contributed by atoms with Gasteiger partial charge < -0.3 is 24.5 Å². The minimum atomic E-state index is -0.124. The Hall–Kier alpha value is -1.96. The van der Waals surface area contributed by atoms with Crippen LogP contribution in [0.5, 0.6) is 0 Å². The number of nitrogens with one attached hydrogen (secondary N) is 2. The van der Waals surface area contributed by atoms with Crippen LogP contribution in [0.1, 0.15) is 37.1 Å². The summed E-state index contributed by atoms with van der Waals surface area (Å²) in [4.78, 5) is 20.0. The van der Waals surface area contributed by atoms with Gasteiger partial charge in [0, 0.05) is 25.9 Å². The fourth-order valence-corrected chi connectivity index (χ4v) is 4.05. The highest BCUT2D eigenvalue weighted by Gasteiger charge is 2.39. The molecule has 0 radical (unpaired) electrons. The molecule has 0 saturated carbocycles. The summed E-state index contributed by atoms with van der Waals surface area (Å²) in [7, 11) is 0. The Bertz CT molecular complexity index is 792. The smallest absolute Gasteiger partial charge is 0.246 e. The van der Waals surface area contributed by atoms with Crippen LogP contribution in [0.3, 0.4) is 0 Å². The van der Waals surface area contributed by atoms with E-state index >= 15 is 0 Å². The minimum absolute atomic E-state index is 0.0312. The highest BCUT2D eigenvalue weighted by molar-refractivity contribution is 5.78. The van der Waals surface area contributed by atoms with Crippen molar-refractivity contribution < 1.29 is 19.0 Å². The molecule has 1 spiro atoms. The first-order chi connectivity index (χ1) is 13.1. The summed E-state index contributed by atoms with van der Waals surface area (Å²) in [6, 6.07) is 6.15. The predicted molar refractivity (Wildman–Crippen MR) is 100 cm³/mol. The van der Waals surface area contributed by atoms with E-state index in [2.05, 4.69) is 15.3 Å². The van der Waals surface area contributed by atoms with Crippen LogP contribution in [0.25, 0.3) is 11.0 Å². The number of rotatable bonds is 5. The normalized spacial score (nSPS) is 22.2. The molecule has 2 N–H and O–H groups in total. The molecule has 2 saturated heterocycles. The van der Waals surface area contributed by atoms with E-state index in [0.717, 1.165) is 61.3 Å². The van der Waals surface area contributed by atoms with Crippen LogP contribution in [0.4, 0.5) is 0 Å². The molecule has 0 unspecified atom stereocenters. The standard InChI is InChI=1S/C20H27N3O4/c1-14-3-2-4-16-19(14)23-17(22-16)12-26-13-18(24)21-15-5-8-27-20(11-15)6-9-25-10-7-20/h2-4,15H,5-13H2,1H3,(H,21,24)(H,22,23)/t15-/m0/s1. The number of hydrogen-bond donors (Lipinski definition) is 2. The molecule has 146 valence electrons. The molecular formula is C20H27N3O4. The van der Waals surface area contributed by atoms with Crippen LogP contribution in [0, 0.1) is 6.92 Å². The van der Waals surface area contributed by atoms with Crippen molar-refractivity contribution in [3.8, 4) is 0 Å². The van der Waals surface area contributed by atoms with Gasteiger partial charge in [-0.1, -0.05) is 12.1 Å². The molecule has 4 rings (SSSR count). The summed E-state index contributed by atoms with van der Waals surface area (Å²) in [6.07, 6.45) is 3.50. The molecule has 0 bridgehead atoms. The van der Waals surface area contributed by atoms with Gasteiger partial charge in [0.15, 0.2) is 0 Å². The van der Waals surface area contributed by atoms with Crippen LogP contribution in [0.2, 0.25) is 0 Å². The van der Waals surface area contributed by atoms with Gasteiger partial charge in [-0.25, -0.2) is 4.98 Å². The van der Waals surface area contributed by atoms with E-state index in [1.165, 1.54) is 0 Å². The average Bonchev–Trinajstić information content (AvgIpc) is 3.07. The van der Waals surface area contributed by atoms with Crippen LogP contribution in [-0.2, 0) is 25.6 Å². The number of aromatic amines is 1. The molecule has 7 nitrogen and oxygen atoms in total. The number of amides is 1. The van der Waals surface area contributed by atoms with Crippen LogP contribution >= 0.6 is 0 Å². The van der Waals surface area contributed by atoms with Crippen molar-refractivity contribution in [3.05, 3.63) is 29.6 Å². The number of carbonyl (C=O) groups is 1. The van der Waals surface area contributed by atoms with Gasteiger partial charge in [-0.05, 0) is 44.2 Å². The van der Waals surface area contributed by atoms with Gasteiger partial charge in [0.05, 0.1) is 16.6 Å². The number of imidazole rings is 1. The number of aryl methyl sites for hydroxylation is 1. The fraction of sp³-hybridized carbons (Fsp3) is 0.600. The average molecular weight is 373 g/mol. The van der Waals surface area contributed by atoms with E-state index < -0.39 is 0 Å². The Balaban J connectivity index is 1.25. The van der Waals surface area contributed by atoms with Gasteiger partial charge in [-0.3, -0.25) is 4.79 Å². The van der Waals surface area contributed by atoms with E-state index in [0.29, 0.717) is 6.61 Å². The van der Waals surface area contributed by atoms with Crippen molar-refractivity contribution in [2.45, 2.75) is 50.9 Å². The number of aromatic nitrogens is 2. The Labute approximate surface area is 158 Å². The first-order valence-corrected chi connectivity index (χ1v) is 9.67. The Kier molecular flexibility index (Phi) is 5.43. The SMILES string of the molecule is Cc1cccc2[nH]c(COCC(=O)N[C@H]3CCOC4(CCOCC4)C3)nc12. The lowest BCUT2D eigenvalue weighted by Crippen LogP contribution is -2.51. The monoisotopic (exact) mass is 373 g/mol. The molecule has 1 aromatic carbocycles. The molecule has 2 aromatic rings. The van der Waals surface area contributed by atoms with Gasteiger partial charge in [-0.15, -0.1) is 0 Å². The second kappa shape index (κ2) is 7.96. The molecule has 1 atom stereocenters. The van der Waals surface area contributed by atoms with Crippen LogP contribution in [0.15, 0.2) is 18.2 Å². The highest BCUT2D eigenvalue weighted by atomic mass is 16.5. The molecule has 2 aliphatic rings. The molecule has 2 fully saturated rings. The number of ether oxygens (including phenoxy) is 3. The third-order valence-electron chi connectivity index (χ3n) is 5.50. The zero-order valence-corrected chi connectivity index (χ0v) is 15.8. The number of H-pyrrole nitrogens is 1. The number of hydrogen-bond acceptors (Lipinski definition) is 5. The van der Waals surface area contributed by atoms with Gasteiger partial charge in [-0.2, -0.15) is 0 Å². The number of fused-ring (bicyclic) bond motifs is 1. The Morgan fingerprint density at radius 3 is 3.04 bits per heavy atom. The molecule has 7 heteroatoms. The van der Waals surface area contributed by atoms with E-state index in [1.807, 2.05) is 25.1 Å². The Morgan fingerprint density at radius 2 is 2.22 bits per heavy atom. The van der Waals surface area contributed by atoms with E-state index in [9.17, 15) is 4.79 Å². The third-order valence-corrected chi connectivity index (χ3v) is 5.50. The van der Waals surface area contributed by atoms with Crippen molar-refractivity contribution in [2.75, 3.05) is 26.4 Å². The molecule has 1 aromatic heterocycles. The molecule has 3 heterocycles. The van der Waals surface area contributed by atoms with Crippen LogP contribution < -0.4 is 5.32 Å². The topological polar surface area (TPSA) is 85.5 Å². The predicted octanol–water partition coefficient (Wildman–Crippen LogP) is 2.23. The lowest BCUT2D eigenvalue weighted by molar-refractivity contribution is -0.145. The van der Waals surface area contributed by atoms with Crippen molar-refractivity contribution in [1.29, 1.82) is 0 Å². The fourth-order valence-electron chi connectivity index (χ4n) is 4.05. The number of carbonyl (C=O) groups excluding carboxylic acids is 1. The number of nitrogens with zero attached hydrogens (tertiary/aromatic N) is 1. The molecule has 0 aliphatic carbocycles. The largest absolute Gasteiger partial charge is 0.381 e. The highest BCUT2D eigenvalue weighted by Crippen LogP contribution is 2.34. The maximum absolute atomic E-state index is 12.3. The summed E-state index contributed by atoms with van der Waals surface area (Å²) in [5.41, 5.74) is 2.93. The molecule has 27 heavy (non-hydrogen) atoms. The summed E-state index contributed by atoms with van der Waals surface area (Å²) >= 11 is 0. The van der Waals surface area contributed by atoms with Crippen molar-refractivity contribution in [1.82, 2.24) is 15.3 Å². The first-order valence-electron chi connectivity index (χ1n) is 9.67. The maximum atomic E-state index is 12.3. The molecular weight excluding hydrogens is 346 g/mol. The maximum Gasteiger partial charge on any atom is 0.246 e. The zero-order chi connectivity index (χ0) is 18.7. The minimum Gasteiger partial charge on any atom is -0.381 e. The second-order valence-corrected chi connectivity index (χ2v) is 7.55. The summed E-state index contributed by atoms with van der Waals surface area (Å²) in [5, 5.41) is 3.10. The summed E-state index contributed by atoms with van der Waals surface area (Å²) in [6.45, 7) is 4.51. The lowest BCUT2D eigenvalue weighted by atomic mass is 9.84. The number of para-hydroxylation sites is 1. The van der Waals surface area contributed by atoms with Crippen LogP contribution in [-0.4, -0.2) is 53.9 Å². The van der Waals surface area contributed by atoms with Crippen molar-refractivity contribution in [3.63, 3.8) is 0 Å². The molecule has 2 aliphatic heterocycles. The quantitative estimate of drug-likeness (QED) is 0.839. The van der Waals surface area contributed by atoms with Gasteiger partial charge in [0.1, 0.15) is 19.0 Å². The van der Waals surface area contributed by atoms with Gasteiger partial charge in [0.2, 0.25) is 5.91 Å². The van der Waals surface area contributed by atoms with E-state index in [-0.39, 0.29) is 30.8 Å². The van der Waals surface area contributed by atoms with E-state index in [4.69, 9.17) is 14.2 Å². The molecule has 1 amide bonds. The second-order valence-electron chi connectivity index (χ2n) is 7.55. The van der Waals surface area contributed by atoms with Gasteiger partial charge in [0.25, 0.3) is 0 Å². The lowest BCUT2D eigenvalue weighted by Gasteiger charge is -2.43. The van der Waals surface area contributed by atoms with Crippen molar-refractivity contribution in [2.24, 2.45) is 0 Å². The third kappa shape index (κ3) is 4.31. The van der Waals surface area contributed by atoms with Gasteiger partial charge >= 0.3 is 0 Å². The summed E-state index contributed by atoms with van der Waals surface area (Å²) in [5.74, 6) is 0.649. The van der Waals surface area contributed by atoms with Crippen molar-refractivity contribution >= 4 is 16.9 Å². The summed E-state index contributed by atoms with van der Waals surface area (Å²) < 4.78 is 17.0. The zero-order valence-electron chi connectivity index (χ0n) is 15.8. The first kappa shape index (κ1) is 18.4. The van der Waals surface area contributed by atoms with E-state index in [1.54, 1.807) is 0 Å². The number of benzene rings is 1. The Morgan fingerprint density at radius 1 is 1.37 bits per heavy atom.